The molecule has 0 aromatic rings. The zero-order valence-corrected chi connectivity index (χ0v) is 12.6. The first kappa shape index (κ1) is 18.6. The van der Waals surface area contributed by atoms with Crippen molar-refractivity contribution in [2.45, 2.75) is 20.8 Å². The van der Waals surface area contributed by atoms with Crippen molar-refractivity contribution in [1.82, 2.24) is 0 Å². The van der Waals surface area contributed by atoms with Gasteiger partial charge in [-0.05, 0) is 20.8 Å². The first-order valence-electron chi connectivity index (χ1n) is 4.96. The second-order valence-corrected chi connectivity index (χ2v) is 2.54. The quantitative estimate of drug-likeness (QED) is 0.168. The number of ether oxygens (including phenoxy) is 3. The van der Waals surface area contributed by atoms with Gasteiger partial charge in [-0.3, -0.25) is 14.4 Å². The SMILES string of the molecule is CCOC(=O)[C-](C(=O)OCC)C(=O)OCC.[Na+]. The fourth-order valence-electron chi connectivity index (χ4n) is 0.860. The molecule has 17 heavy (non-hydrogen) atoms. The molecule has 0 aliphatic heterocycles. The number of carbonyl (C=O) groups excluding carboxylic acids is 3. The Morgan fingerprint density at radius 1 is 0.765 bits per heavy atom. The number of rotatable bonds is 6. The molecule has 0 aliphatic rings. The minimum atomic E-state index is -1.03. The Bertz CT molecular complexity index is 223. The maximum atomic E-state index is 11.3. The van der Waals surface area contributed by atoms with Crippen LogP contribution in [0, 0.1) is 5.92 Å². The molecule has 0 N–H and O–H groups in total. The van der Waals surface area contributed by atoms with Crippen molar-refractivity contribution < 1.29 is 58.2 Å². The smallest absolute Gasteiger partial charge is 0.487 e. The molecule has 0 amide bonds. The van der Waals surface area contributed by atoms with E-state index in [9.17, 15) is 14.4 Å². The zero-order valence-electron chi connectivity index (χ0n) is 10.6. The van der Waals surface area contributed by atoms with Crippen LogP contribution in [0.15, 0.2) is 0 Å². The summed E-state index contributed by atoms with van der Waals surface area (Å²) < 4.78 is 13.7. The summed E-state index contributed by atoms with van der Waals surface area (Å²) in [5.41, 5.74) is 0. The predicted octanol–water partition coefficient (Wildman–Crippen LogP) is -2.75. The Hall–Kier alpha value is -0.720. The first-order chi connectivity index (χ1) is 7.58. The molecule has 6 nitrogen and oxygen atoms in total. The monoisotopic (exact) mass is 254 g/mol. The molecule has 0 atom stereocenters. The maximum absolute atomic E-state index is 11.3. The van der Waals surface area contributed by atoms with Crippen LogP contribution >= 0.6 is 0 Å². The Morgan fingerprint density at radius 2 is 1.00 bits per heavy atom. The number of hydrogen-bond acceptors (Lipinski definition) is 6. The van der Waals surface area contributed by atoms with E-state index in [1.54, 1.807) is 20.8 Å². The van der Waals surface area contributed by atoms with Crippen LogP contribution < -0.4 is 29.6 Å². The molecule has 0 bridgehead atoms. The number of esters is 3. The second kappa shape index (κ2) is 10.4. The molecule has 0 aromatic carbocycles. The van der Waals surface area contributed by atoms with Gasteiger partial charge in [-0.1, -0.05) is 5.92 Å². The van der Waals surface area contributed by atoms with Crippen molar-refractivity contribution in [3.05, 3.63) is 5.92 Å². The van der Waals surface area contributed by atoms with E-state index in [4.69, 9.17) is 0 Å². The molecule has 0 unspecified atom stereocenters. The van der Waals surface area contributed by atoms with E-state index in [0.717, 1.165) is 0 Å². The van der Waals surface area contributed by atoms with Crippen LogP contribution in [0.5, 0.6) is 0 Å². The maximum Gasteiger partial charge on any atom is 1.00 e. The van der Waals surface area contributed by atoms with Crippen molar-refractivity contribution in [1.29, 1.82) is 0 Å². The van der Waals surface area contributed by atoms with Crippen LogP contribution in [0.2, 0.25) is 0 Å². The van der Waals surface area contributed by atoms with Crippen molar-refractivity contribution in [3.63, 3.8) is 0 Å². The Balaban J connectivity index is 0. The van der Waals surface area contributed by atoms with Gasteiger partial charge in [0.05, 0.1) is 19.8 Å². The molecule has 0 heterocycles. The summed E-state index contributed by atoms with van der Waals surface area (Å²) in [6.07, 6.45) is 0. The Morgan fingerprint density at radius 3 is 1.18 bits per heavy atom. The van der Waals surface area contributed by atoms with Gasteiger partial charge in [0.15, 0.2) is 17.9 Å². The van der Waals surface area contributed by atoms with Gasteiger partial charge in [-0.2, -0.15) is 0 Å². The topological polar surface area (TPSA) is 78.9 Å². The third-order valence-electron chi connectivity index (χ3n) is 1.44. The van der Waals surface area contributed by atoms with Crippen LogP contribution in [-0.4, -0.2) is 37.7 Å². The van der Waals surface area contributed by atoms with Crippen molar-refractivity contribution in [3.8, 4) is 0 Å². The van der Waals surface area contributed by atoms with Gasteiger partial charge >= 0.3 is 29.6 Å². The molecule has 0 aromatic heterocycles. The third-order valence-corrected chi connectivity index (χ3v) is 1.44. The first-order valence-corrected chi connectivity index (χ1v) is 4.96. The van der Waals surface area contributed by atoms with Gasteiger partial charge in [0.25, 0.3) is 0 Å². The van der Waals surface area contributed by atoms with Crippen molar-refractivity contribution in [2.75, 3.05) is 19.8 Å². The molecule has 0 spiro atoms. The van der Waals surface area contributed by atoms with Gasteiger partial charge in [-0.15, -0.1) is 0 Å². The summed E-state index contributed by atoms with van der Waals surface area (Å²) in [5, 5.41) is 0. The zero-order chi connectivity index (χ0) is 12.6. The average Bonchev–Trinajstić information content (AvgIpc) is 2.19. The minimum Gasteiger partial charge on any atom is -0.487 e. The molecule has 7 heteroatoms. The Kier molecular flexibility index (Phi) is 11.4. The fourth-order valence-corrected chi connectivity index (χ4v) is 0.860. The molecular formula is C10H15NaO6. The van der Waals surface area contributed by atoms with E-state index in [-0.39, 0.29) is 49.4 Å². The molecule has 0 fully saturated rings. The minimum absolute atomic E-state index is 0. The van der Waals surface area contributed by atoms with Crippen LogP contribution in [0.4, 0.5) is 0 Å². The summed E-state index contributed by atoms with van der Waals surface area (Å²) in [6.45, 7) is 4.85. The van der Waals surface area contributed by atoms with E-state index >= 15 is 0 Å². The fraction of sp³-hybridized carbons (Fsp3) is 0.600. The van der Waals surface area contributed by atoms with Crippen LogP contribution in [0.1, 0.15) is 20.8 Å². The number of carbonyl (C=O) groups is 3. The van der Waals surface area contributed by atoms with Crippen molar-refractivity contribution in [2.24, 2.45) is 0 Å². The molecule has 0 saturated heterocycles. The standard InChI is InChI=1S/C10H15O6.Na/c1-4-14-8(11)7(9(12)15-5-2)10(13)16-6-3;/h4-6H2,1-3H3;/q-1;+1. The third kappa shape index (κ3) is 6.55. The Labute approximate surface area is 122 Å². The molecule has 0 saturated carbocycles. The summed E-state index contributed by atoms with van der Waals surface area (Å²) in [5.74, 6) is -3.82. The second-order valence-electron chi connectivity index (χ2n) is 2.54. The summed E-state index contributed by atoms with van der Waals surface area (Å²) >= 11 is 0. The van der Waals surface area contributed by atoms with Gasteiger partial charge in [0, 0.05) is 0 Å². The van der Waals surface area contributed by atoms with E-state index in [0.29, 0.717) is 0 Å². The van der Waals surface area contributed by atoms with Crippen molar-refractivity contribution >= 4 is 17.9 Å². The van der Waals surface area contributed by atoms with Gasteiger partial charge in [-0.25, -0.2) is 0 Å². The van der Waals surface area contributed by atoms with E-state index in [2.05, 4.69) is 14.2 Å². The molecular weight excluding hydrogens is 239 g/mol. The van der Waals surface area contributed by atoms with Gasteiger partial charge in [0.2, 0.25) is 0 Å². The van der Waals surface area contributed by atoms with E-state index < -0.39 is 23.8 Å². The van der Waals surface area contributed by atoms with Crippen LogP contribution in [0.25, 0.3) is 0 Å². The predicted molar refractivity (Wildman–Crippen MR) is 53.1 cm³/mol. The van der Waals surface area contributed by atoms with Crippen LogP contribution in [-0.2, 0) is 28.6 Å². The van der Waals surface area contributed by atoms with Gasteiger partial charge < -0.3 is 14.2 Å². The number of hydrogen-bond donors (Lipinski definition) is 0. The summed E-state index contributed by atoms with van der Waals surface area (Å²) in [7, 11) is 0. The van der Waals surface area contributed by atoms with Crippen LogP contribution in [0.3, 0.4) is 0 Å². The molecule has 0 radical (unpaired) electrons. The molecule has 0 aliphatic carbocycles. The average molecular weight is 254 g/mol. The largest absolute Gasteiger partial charge is 1.00 e. The summed E-state index contributed by atoms with van der Waals surface area (Å²) in [6, 6.07) is 0. The van der Waals surface area contributed by atoms with E-state index in [1.807, 2.05) is 0 Å². The van der Waals surface area contributed by atoms with E-state index in [1.165, 1.54) is 0 Å². The van der Waals surface area contributed by atoms with Gasteiger partial charge in [0.1, 0.15) is 0 Å². The summed E-state index contributed by atoms with van der Waals surface area (Å²) in [4.78, 5) is 33.9. The molecule has 92 valence electrons. The normalized spacial score (nSPS) is 8.65. The molecule has 0 rings (SSSR count).